The second-order valence-electron chi connectivity index (χ2n) is 5.73. The van der Waals surface area contributed by atoms with Crippen LogP contribution in [0.1, 0.15) is 11.3 Å². The van der Waals surface area contributed by atoms with Crippen molar-refractivity contribution in [1.29, 1.82) is 0 Å². The number of aryl methyl sites for hydroxylation is 1. The summed E-state index contributed by atoms with van der Waals surface area (Å²) in [5, 5.41) is 4.06. The molecule has 0 aliphatic rings. The molecule has 122 valence electrons. The third-order valence-corrected chi connectivity index (χ3v) is 4.09. The second-order valence-corrected chi connectivity index (χ2v) is 5.73. The van der Waals surface area contributed by atoms with Crippen LogP contribution in [0.15, 0.2) is 76.6 Å². The number of aromatic nitrogens is 3. The lowest BCUT2D eigenvalue weighted by molar-refractivity contribution is 0.835. The number of aromatic amines is 1. The van der Waals surface area contributed by atoms with E-state index in [1.54, 1.807) is 12.4 Å². The fraction of sp³-hybridized carbons (Fsp3) is 0.0500. The van der Waals surface area contributed by atoms with Crippen LogP contribution in [0.2, 0.25) is 0 Å². The van der Waals surface area contributed by atoms with Gasteiger partial charge in [0.05, 0.1) is 22.5 Å². The van der Waals surface area contributed by atoms with E-state index in [-0.39, 0.29) is 5.56 Å². The summed E-state index contributed by atoms with van der Waals surface area (Å²) in [5.74, 6) is 0. The Morgan fingerprint density at radius 2 is 1.88 bits per heavy atom. The Bertz CT molecular complexity index is 1120. The number of H-pyrrole nitrogens is 1. The molecule has 0 saturated carbocycles. The molecule has 2 heterocycles. The topological polar surface area (TPSA) is 63.0 Å². The zero-order valence-electron chi connectivity index (χ0n) is 13.7. The highest BCUT2D eigenvalue weighted by molar-refractivity contribution is 5.93. The van der Waals surface area contributed by atoms with Crippen LogP contribution in [0.3, 0.4) is 0 Å². The SMILES string of the molecule is Cc1[nH]n(-c2ccccc2)c(=O)c1C=Nc1cccc2ncccc12. The van der Waals surface area contributed by atoms with Gasteiger partial charge < -0.3 is 0 Å². The summed E-state index contributed by atoms with van der Waals surface area (Å²) < 4.78 is 1.53. The van der Waals surface area contributed by atoms with Crippen LogP contribution in [-0.2, 0) is 0 Å². The molecule has 5 heteroatoms. The Morgan fingerprint density at radius 1 is 1.04 bits per heavy atom. The van der Waals surface area contributed by atoms with Crippen LogP contribution in [0, 0.1) is 6.92 Å². The highest BCUT2D eigenvalue weighted by Gasteiger charge is 2.10. The first-order valence-corrected chi connectivity index (χ1v) is 7.99. The quantitative estimate of drug-likeness (QED) is 0.582. The molecule has 0 amide bonds. The zero-order chi connectivity index (χ0) is 17.2. The number of aliphatic imine (C=N–C) groups is 1. The average molecular weight is 328 g/mol. The molecule has 0 aliphatic heterocycles. The van der Waals surface area contributed by atoms with Crippen molar-refractivity contribution >= 4 is 22.8 Å². The van der Waals surface area contributed by atoms with Crippen molar-refractivity contribution in [2.75, 3.05) is 0 Å². The van der Waals surface area contributed by atoms with E-state index >= 15 is 0 Å². The molecule has 4 rings (SSSR count). The largest absolute Gasteiger partial charge is 0.295 e. The minimum atomic E-state index is -0.120. The molecule has 0 aliphatic carbocycles. The summed E-state index contributed by atoms with van der Waals surface area (Å²) in [4.78, 5) is 21.6. The van der Waals surface area contributed by atoms with Gasteiger partial charge in [0, 0.05) is 23.5 Å². The predicted molar refractivity (Wildman–Crippen MR) is 100 cm³/mol. The van der Waals surface area contributed by atoms with Crippen molar-refractivity contribution in [2.45, 2.75) is 6.92 Å². The molecular formula is C20H16N4O. The standard InChI is InChI=1S/C20H16N4O/c1-14-17(20(25)24(23-14)15-7-3-2-4-8-15)13-22-19-11-5-10-18-16(19)9-6-12-21-18/h2-13,23H,1H3. The molecule has 0 atom stereocenters. The number of fused-ring (bicyclic) bond motifs is 1. The van der Waals surface area contributed by atoms with Crippen molar-refractivity contribution in [3.63, 3.8) is 0 Å². The lowest BCUT2D eigenvalue weighted by atomic mass is 10.2. The third-order valence-electron chi connectivity index (χ3n) is 4.09. The van der Waals surface area contributed by atoms with Crippen molar-refractivity contribution < 1.29 is 0 Å². The van der Waals surface area contributed by atoms with E-state index in [1.807, 2.05) is 67.6 Å². The van der Waals surface area contributed by atoms with Crippen LogP contribution >= 0.6 is 0 Å². The van der Waals surface area contributed by atoms with E-state index in [9.17, 15) is 4.79 Å². The van der Waals surface area contributed by atoms with E-state index in [4.69, 9.17) is 0 Å². The molecule has 2 aromatic heterocycles. The molecular weight excluding hydrogens is 312 g/mol. The normalized spacial score (nSPS) is 11.4. The van der Waals surface area contributed by atoms with E-state index in [2.05, 4.69) is 15.1 Å². The average Bonchev–Trinajstić information content (AvgIpc) is 2.94. The number of benzene rings is 2. The van der Waals surface area contributed by atoms with Crippen molar-refractivity contribution in [2.24, 2.45) is 4.99 Å². The molecule has 2 aromatic carbocycles. The maximum Gasteiger partial charge on any atom is 0.280 e. The van der Waals surface area contributed by atoms with Gasteiger partial charge >= 0.3 is 0 Å². The monoisotopic (exact) mass is 328 g/mol. The number of rotatable bonds is 3. The maximum absolute atomic E-state index is 12.7. The van der Waals surface area contributed by atoms with Crippen LogP contribution in [0.5, 0.6) is 0 Å². The molecule has 0 saturated heterocycles. The summed E-state index contributed by atoms with van der Waals surface area (Å²) in [6, 6.07) is 19.1. The van der Waals surface area contributed by atoms with Crippen molar-refractivity contribution in [1.82, 2.24) is 14.8 Å². The Hall–Kier alpha value is -3.47. The van der Waals surface area contributed by atoms with Gasteiger partial charge in [-0.1, -0.05) is 24.3 Å². The number of nitrogens with zero attached hydrogens (tertiary/aromatic N) is 3. The molecule has 0 unspecified atom stereocenters. The minimum Gasteiger partial charge on any atom is -0.295 e. The molecule has 5 nitrogen and oxygen atoms in total. The van der Waals surface area contributed by atoms with Gasteiger partial charge in [-0.2, -0.15) is 0 Å². The first-order valence-electron chi connectivity index (χ1n) is 7.99. The Kier molecular flexibility index (Phi) is 3.74. The van der Waals surface area contributed by atoms with E-state index in [0.29, 0.717) is 5.56 Å². The summed E-state index contributed by atoms with van der Waals surface area (Å²) in [5.41, 5.74) is 3.66. The number of nitrogens with one attached hydrogen (secondary N) is 1. The number of hydrogen-bond donors (Lipinski definition) is 1. The van der Waals surface area contributed by atoms with Crippen molar-refractivity contribution in [3.05, 3.63) is 88.5 Å². The molecule has 0 radical (unpaired) electrons. The van der Waals surface area contributed by atoms with Gasteiger partial charge in [0.1, 0.15) is 0 Å². The van der Waals surface area contributed by atoms with Gasteiger partial charge in [0.25, 0.3) is 5.56 Å². The van der Waals surface area contributed by atoms with Gasteiger partial charge in [0.2, 0.25) is 0 Å². The highest BCUT2D eigenvalue weighted by Crippen LogP contribution is 2.24. The smallest absolute Gasteiger partial charge is 0.280 e. The minimum absolute atomic E-state index is 0.120. The van der Waals surface area contributed by atoms with Gasteiger partial charge in [0.15, 0.2) is 0 Å². The molecule has 25 heavy (non-hydrogen) atoms. The highest BCUT2D eigenvalue weighted by atomic mass is 16.1. The Balaban J connectivity index is 1.77. The molecule has 0 fully saturated rings. The zero-order valence-corrected chi connectivity index (χ0v) is 13.7. The molecule has 1 N–H and O–H groups in total. The summed E-state index contributed by atoms with van der Waals surface area (Å²) >= 11 is 0. The van der Waals surface area contributed by atoms with E-state index in [0.717, 1.165) is 28.0 Å². The lowest BCUT2D eigenvalue weighted by Crippen LogP contribution is -2.17. The fourth-order valence-corrected chi connectivity index (χ4v) is 2.80. The summed E-state index contributed by atoms with van der Waals surface area (Å²) in [6.45, 7) is 1.87. The lowest BCUT2D eigenvalue weighted by Gasteiger charge is -2.00. The first-order chi connectivity index (χ1) is 12.2. The van der Waals surface area contributed by atoms with Crippen LogP contribution in [-0.4, -0.2) is 21.0 Å². The van der Waals surface area contributed by atoms with Gasteiger partial charge in [-0.25, -0.2) is 4.68 Å². The predicted octanol–water partition coefficient (Wildman–Crippen LogP) is 3.77. The van der Waals surface area contributed by atoms with E-state index < -0.39 is 0 Å². The van der Waals surface area contributed by atoms with E-state index in [1.165, 1.54) is 4.68 Å². The van der Waals surface area contributed by atoms with Crippen LogP contribution in [0.25, 0.3) is 16.6 Å². The number of pyridine rings is 1. The number of hydrogen-bond acceptors (Lipinski definition) is 3. The summed E-state index contributed by atoms with van der Waals surface area (Å²) in [6.07, 6.45) is 3.38. The summed E-state index contributed by atoms with van der Waals surface area (Å²) in [7, 11) is 0. The van der Waals surface area contributed by atoms with Gasteiger partial charge in [-0.3, -0.25) is 19.9 Å². The van der Waals surface area contributed by atoms with Crippen molar-refractivity contribution in [3.8, 4) is 5.69 Å². The van der Waals surface area contributed by atoms with Crippen LogP contribution in [0.4, 0.5) is 5.69 Å². The maximum atomic E-state index is 12.7. The first kappa shape index (κ1) is 15.1. The Labute approximate surface area is 144 Å². The van der Waals surface area contributed by atoms with Crippen LogP contribution < -0.4 is 5.56 Å². The van der Waals surface area contributed by atoms with Gasteiger partial charge in [-0.15, -0.1) is 0 Å². The number of para-hydroxylation sites is 1. The second kappa shape index (κ2) is 6.20. The van der Waals surface area contributed by atoms with Gasteiger partial charge in [-0.05, 0) is 43.3 Å². The molecule has 4 aromatic rings. The fourth-order valence-electron chi connectivity index (χ4n) is 2.80. The Morgan fingerprint density at radius 3 is 2.72 bits per heavy atom. The third kappa shape index (κ3) is 2.76. The molecule has 0 spiro atoms. The molecule has 0 bridgehead atoms.